The van der Waals surface area contributed by atoms with E-state index in [4.69, 9.17) is 23.2 Å². The lowest BCUT2D eigenvalue weighted by molar-refractivity contribution is 0.766. The van der Waals surface area contributed by atoms with Gasteiger partial charge in [-0.05, 0) is 31.2 Å². The maximum Gasteiger partial charge on any atom is 0.333 e. The summed E-state index contributed by atoms with van der Waals surface area (Å²) in [7, 11) is 0. The van der Waals surface area contributed by atoms with Gasteiger partial charge in [0.1, 0.15) is 0 Å². The van der Waals surface area contributed by atoms with E-state index >= 15 is 0 Å². The van der Waals surface area contributed by atoms with Gasteiger partial charge in [0.15, 0.2) is 0 Å². The molecule has 1 heterocycles. The molecule has 3 aromatic rings. The monoisotopic (exact) mass is 332 g/mol. The van der Waals surface area contributed by atoms with Gasteiger partial charge in [0.25, 0.3) is 0 Å². The highest BCUT2D eigenvalue weighted by Crippen LogP contribution is 2.26. The van der Waals surface area contributed by atoms with Crippen molar-refractivity contribution < 1.29 is 0 Å². The van der Waals surface area contributed by atoms with Gasteiger partial charge in [-0.1, -0.05) is 48.0 Å². The standard InChI is InChI=1S/C17H14Cl2N2O/c1-11(2)21-16-9-4-3-8-15(16)20(17(21)22)10-12-13(18)6-5-7-14(12)19/h3-9H,1,10H2,2H3. The average Bonchev–Trinajstić information content (AvgIpc) is 2.75. The number of halogens is 2. The van der Waals surface area contributed by atoms with E-state index in [1.165, 1.54) is 0 Å². The number of hydrogen-bond donors (Lipinski definition) is 0. The van der Waals surface area contributed by atoms with E-state index in [0.29, 0.717) is 22.3 Å². The van der Waals surface area contributed by atoms with Crippen molar-refractivity contribution >= 4 is 39.9 Å². The Hall–Kier alpha value is -1.97. The predicted octanol–water partition coefficient (Wildman–Crippen LogP) is 4.65. The molecule has 2 aromatic carbocycles. The summed E-state index contributed by atoms with van der Waals surface area (Å²) >= 11 is 12.5. The summed E-state index contributed by atoms with van der Waals surface area (Å²) in [6.07, 6.45) is 0. The van der Waals surface area contributed by atoms with E-state index in [-0.39, 0.29) is 5.69 Å². The van der Waals surface area contributed by atoms with Gasteiger partial charge in [0.2, 0.25) is 0 Å². The highest BCUT2D eigenvalue weighted by atomic mass is 35.5. The number of rotatable bonds is 3. The van der Waals surface area contributed by atoms with Crippen LogP contribution in [0, 0.1) is 0 Å². The van der Waals surface area contributed by atoms with Crippen LogP contribution in [0.2, 0.25) is 10.0 Å². The van der Waals surface area contributed by atoms with Crippen LogP contribution in [0.3, 0.4) is 0 Å². The molecule has 3 rings (SSSR count). The molecule has 0 unspecified atom stereocenters. The van der Waals surface area contributed by atoms with Crippen molar-refractivity contribution in [1.82, 2.24) is 9.13 Å². The zero-order valence-electron chi connectivity index (χ0n) is 12.0. The fourth-order valence-electron chi connectivity index (χ4n) is 2.57. The predicted molar refractivity (Wildman–Crippen MR) is 92.8 cm³/mol. The highest BCUT2D eigenvalue weighted by molar-refractivity contribution is 6.36. The van der Waals surface area contributed by atoms with Gasteiger partial charge >= 0.3 is 5.69 Å². The van der Waals surface area contributed by atoms with Crippen LogP contribution in [-0.2, 0) is 6.54 Å². The molecule has 0 amide bonds. The Balaban J connectivity index is 2.26. The second kappa shape index (κ2) is 5.67. The minimum atomic E-state index is -0.148. The van der Waals surface area contributed by atoms with E-state index in [0.717, 1.165) is 16.6 Å². The first-order valence-electron chi connectivity index (χ1n) is 6.79. The van der Waals surface area contributed by atoms with E-state index in [2.05, 4.69) is 6.58 Å². The third-order valence-electron chi connectivity index (χ3n) is 3.60. The molecule has 0 saturated heterocycles. The summed E-state index contributed by atoms with van der Waals surface area (Å²) in [5, 5.41) is 1.10. The van der Waals surface area contributed by atoms with Crippen LogP contribution < -0.4 is 5.69 Å². The van der Waals surface area contributed by atoms with Gasteiger partial charge in [-0.15, -0.1) is 0 Å². The summed E-state index contributed by atoms with van der Waals surface area (Å²) in [4.78, 5) is 12.7. The van der Waals surface area contributed by atoms with Crippen molar-refractivity contribution in [2.75, 3.05) is 0 Å². The highest BCUT2D eigenvalue weighted by Gasteiger charge is 2.15. The van der Waals surface area contributed by atoms with Crippen molar-refractivity contribution in [2.45, 2.75) is 13.5 Å². The zero-order chi connectivity index (χ0) is 15.9. The first-order chi connectivity index (χ1) is 10.5. The molecule has 1 aromatic heterocycles. The van der Waals surface area contributed by atoms with Crippen molar-refractivity contribution in [3.05, 3.63) is 75.1 Å². The van der Waals surface area contributed by atoms with E-state index < -0.39 is 0 Å². The number of nitrogens with zero attached hydrogens (tertiary/aromatic N) is 2. The fourth-order valence-corrected chi connectivity index (χ4v) is 3.09. The first kappa shape index (κ1) is 14.9. The molecule has 0 bridgehead atoms. The van der Waals surface area contributed by atoms with Crippen LogP contribution in [0.1, 0.15) is 12.5 Å². The minimum Gasteiger partial charge on any atom is -0.287 e. The number of para-hydroxylation sites is 2. The fraction of sp³-hybridized carbons (Fsp3) is 0.118. The summed E-state index contributed by atoms with van der Waals surface area (Å²) in [5.41, 5.74) is 2.90. The molecule has 0 saturated carbocycles. The van der Waals surface area contributed by atoms with E-state index in [1.807, 2.05) is 24.3 Å². The van der Waals surface area contributed by atoms with Crippen molar-refractivity contribution in [1.29, 1.82) is 0 Å². The third kappa shape index (κ3) is 2.36. The molecular weight excluding hydrogens is 319 g/mol. The Morgan fingerprint density at radius 1 is 1.05 bits per heavy atom. The maximum atomic E-state index is 12.7. The van der Waals surface area contributed by atoms with Gasteiger partial charge in [-0.25, -0.2) is 4.79 Å². The number of fused-ring (bicyclic) bond motifs is 1. The number of imidazole rings is 1. The quantitative estimate of drug-likeness (QED) is 0.685. The lowest BCUT2D eigenvalue weighted by atomic mass is 10.2. The SMILES string of the molecule is C=C(C)n1c(=O)n(Cc2c(Cl)cccc2Cl)c2ccccc21. The molecule has 22 heavy (non-hydrogen) atoms. The Morgan fingerprint density at radius 2 is 1.64 bits per heavy atom. The molecule has 0 aliphatic rings. The number of allylic oxidation sites excluding steroid dienone is 1. The topological polar surface area (TPSA) is 26.9 Å². The average molecular weight is 333 g/mol. The van der Waals surface area contributed by atoms with Crippen molar-refractivity contribution in [2.24, 2.45) is 0 Å². The molecular formula is C17H14Cl2N2O. The number of aromatic nitrogens is 2. The normalized spacial score (nSPS) is 11.0. The molecule has 0 aliphatic carbocycles. The summed E-state index contributed by atoms with van der Waals surface area (Å²) in [6, 6.07) is 12.9. The van der Waals surface area contributed by atoms with Gasteiger partial charge in [-0.3, -0.25) is 9.13 Å². The van der Waals surface area contributed by atoms with Crippen LogP contribution in [0.4, 0.5) is 0 Å². The molecule has 0 radical (unpaired) electrons. The Morgan fingerprint density at radius 3 is 2.23 bits per heavy atom. The van der Waals surface area contributed by atoms with Crippen molar-refractivity contribution in [3.8, 4) is 0 Å². The molecule has 0 fully saturated rings. The molecule has 3 nitrogen and oxygen atoms in total. The molecule has 0 atom stereocenters. The number of benzene rings is 2. The second-order valence-corrected chi connectivity index (χ2v) is 5.94. The number of hydrogen-bond acceptors (Lipinski definition) is 1. The lowest BCUT2D eigenvalue weighted by Gasteiger charge is -2.08. The van der Waals surface area contributed by atoms with Crippen LogP contribution in [0.15, 0.2) is 53.8 Å². The largest absolute Gasteiger partial charge is 0.333 e. The molecule has 0 aliphatic heterocycles. The first-order valence-corrected chi connectivity index (χ1v) is 7.55. The molecule has 0 N–H and O–H groups in total. The molecule has 112 valence electrons. The summed E-state index contributed by atoms with van der Waals surface area (Å²) < 4.78 is 3.26. The smallest absolute Gasteiger partial charge is 0.287 e. The maximum absolute atomic E-state index is 12.7. The Labute approximate surface area is 138 Å². The summed E-state index contributed by atoms with van der Waals surface area (Å²) in [6.45, 7) is 6.01. The second-order valence-electron chi connectivity index (χ2n) is 5.13. The van der Waals surface area contributed by atoms with Gasteiger partial charge in [0.05, 0.1) is 17.6 Å². The minimum absolute atomic E-state index is 0.148. The Bertz CT molecular complexity index is 917. The van der Waals surface area contributed by atoms with E-state index in [9.17, 15) is 4.79 Å². The summed E-state index contributed by atoms with van der Waals surface area (Å²) in [5.74, 6) is 0. The van der Waals surface area contributed by atoms with Crippen LogP contribution in [0.25, 0.3) is 16.7 Å². The molecule has 0 spiro atoms. The zero-order valence-corrected chi connectivity index (χ0v) is 13.5. The van der Waals surface area contributed by atoms with Gasteiger partial charge in [0, 0.05) is 21.3 Å². The lowest BCUT2D eigenvalue weighted by Crippen LogP contribution is -2.23. The van der Waals surface area contributed by atoms with Gasteiger partial charge < -0.3 is 0 Å². The van der Waals surface area contributed by atoms with Crippen LogP contribution in [0.5, 0.6) is 0 Å². The Kier molecular flexibility index (Phi) is 3.85. The van der Waals surface area contributed by atoms with E-state index in [1.54, 1.807) is 34.3 Å². The van der Waals surface area contributed by atoms with Crippen molar-refractivity contribution in [3.63, 3.8) is 0 Å². The third-order valence-corrected chi connectivity index (χ3v) is 4.30. The van der Waals surface area contributed by atoms with Crippen LogP contribution in [-0.4, -0.2) is 9.13 Å². The molecule has 5 heteroatoms. The van der Waals surface area contributed by atoms with Gasteiger partial charge in [-0.2, -0.15) is 0 Å². The van der Waals surface area contributed by atoms with Crippen LogP contribution >= 0.6 is 23.2 Å².